The minimum absolute atomic E-state index is 0.347. The van der Waals surface area contributed by atoms with Crippen molar-refractivity contribution in [2.24, 2.45) is 0 Å². The Bertz CT molecular complexity index is 592. The Labute approximate surface area is 108 Å². The van der Waals surface area contributed by atoms with E-state index in [1.165, 1.54) is 4.52 Å². The maximum atomic E-state index is 10.8. The third-order valence-corrected chi connectivity index (χ3v) is 3.05. The first-order valence-electron chi connectivity index (χ1n) is 5.62. The molecular formula is C11H11ClN4O2. The SMILES string of the molecule is O=Cc1cn2nc(Cl)cc(N3CCOCC3)c2n1. The molecule has 7 heteroatoms. The molecule has 0 saturated carbocycles. The molecule has 1 saturated heterocycles. The van der Waals surface area contributed by atoms with Gasteiger partial charge in [-0.1, -0.05) is 11.6 Å². The Kier molecular flexibility index (Phi) is 2.89. The number of carbonyl (C=O) groups excluding carboxylic acids is 1. The lowest BCUT2D eigenvalue weighted by atomic mass is 10.3. The summed E-state index contributed by atoms with van der Waals surface area (Å²) in [5.41, 5.74) is 1.87. The molecule has 2 aromatic rings. The van der Waals surface area contributed by atoms with Crippen LogP contribution in [-0.2, 0) is 4.74 Å². The number of imidazole rings is 1. The highest BCUT2D eigenvalue weighted by Crippen LogP contribution is 2.24. The van der Waals surface area contributed by atoms with Gasteiger partial charge < -0.3 is 9.64 Å². The Morgan fingerprint density at radius 1 is 1.39 bits per heavy atom. The molecular weight excluding hydrogens is 256 g/mol. The van der Waals surface area contributed by atoms with Crippen molar-refractivity contribution in [3.8, 4) is 0 Å². The number of ether oxygens (including phenoxy) is 1. The van der Waals surface area contributed by atoms with Crippen molar-refractivity contribution < 1.29 is 9.53 Å². The molecule has 3 heterocycles. The molecule has 0 atom stereocenters. The molecule has 0 bridgehead atoms. The van der Waals surface area contributed by atoms with Crippen molar-refractivity contribution in [2.75, 3.05) is 31.2 Å². The first-order valence-corrected chi connectivity index (χ1v) is 5.99. The van der Waals surface area contributed by atoms with Crippen LogP contribution in [0, 0.1) is 0 Å². The Morgan fingerprint density at radius 2 is 2.17 bits per heavy atom. The Morgan fingerprint density at radius 3 is 2.89 bits per heavy atom. The summed E-state index contributed by atoms with van der Waals surface area (Å²) in [5, 5.41) is 4.48. The van der Waals surface area contributed by atoms with Gasteiger partial charge in [0.25, 0.3) is 0 Å². The molecule has 0 spiro atoms. The predicted octanol–water partition coefficient (Wildman–Crippen LogP) is 1.03. The van der Waals surface area contributed by atoms with Crippen LogP contribution in [0.2, 0.25) is 5.15 Å². The zero-order chi connectivity index (χ0) is 12.5. The molecule has 0 radical (unpaired) electrons. The molecule has 6 nitrogen and oxygen atoms in total. The van der Waals surface area contributed by atoms with Crippen molar-refractivity contribution in [1.29, 1.82) is 0 Å². The summed E-state index contributed by atoms with van der Waals surface area (Å²) in [6.07, 6.45) is 2.27. The molecule has 0 amide bonds. The lowest BCUT2D eigenvalue weighted by Gasteiger charge is -2.28. The fourth-order valence-electron chi connectivity index (χ4n) is 2.04. The minimum atomic E-state index is 0.347. The molecule has 1 aliphatic rings. The van der Waals surface area contributed by atoms with Crippen molar-refractivity contribution >= 4 is 29.2 Å². The molecule has 0 N–H and O–H groups in total. The van der Waals surface area contributed by atoms with Crippen molar-refractivity contribution in [3.63, 3.8) is 0 Å². The van der Waals surface area contributed by atoms with E-state index in [2.05, 4.69) is 15.0 Å². The molecule has 2 aromatic heterocycles. The zero-order valence-corrected chi connectivity index (χ0v) is 10.3. The van der Waals surface area contributed by atoms with E-state index in [1.54, 1.807) is 12.3 Å². The standard InChI is InChI=1S/C11H11ClN4O2/c12-10-5-9(15-1-3-18-4-2-15)11-13-8(7-17)6-16(11)14-10/h5-7H,1-4H2. The summed E-state index contributed by atoms with van der Waals surface area (Å²) in [5.74, 6) is 0. The number of aromatic nitrogens is 3. The smallest absolute Gasteiger partial charge is 0.177 e. The monoisotopic (exact) mass is 266 g/mol. The number of rotatable bonds is 2. The van der Waals surface area contributed by atoms with Crippen LogP contribution in [0.15, 0.2) is 12.3 Å². The van der Waals surface area contributed by atoms with Gasteiger partial charge in [0.15, 0.2) is 17.1 Å². The number of anilines is 1. The second-order valence-corrected chi connectivity index (χ2v) is 4.39. The quantitative estimate of drug-likeness (QED) is 0.760. The summed E-state index contributed by atoms with van der Waals surface area (Å²) < 4.78 is 6.85. The third kappa shape index (κ3) is 1.93. The average molecular weight is 267 g/mol. The number of nitrogens with zero attached hydrogens (tertiary/aromatic N) is 4. The number of fused-ring (bicyclic) bond motifs is 1. The fourth-order valence-corrected chi connectivity index (χ4v) is 2.23. The van der Waals surface area contributed by atoms with E-state index in [1.807, 2.05) is 0 Å². The highest BCUT2D eigenvalue weighted by Gasteiger charge is 2.17. The van der Waals surface area contributed by atoms with E-state index in [0.29, 0.717) is 36.0 Å². The van der Waals surface area contributed by atoms with E-state index in [0.717, 1.165) is 18.8 Å². The Hall–Kier alpha value is -1.66. The summed E-state index contributed by atoms with van der Waals surface area (Å²) in [7, 11) is 0. The van der Waals surface area contributed by atoms with E-state index in [-0.39, 0.29) is 0 Å². The van der Waals surface area contributed by atoms with Crippen LogP contribution in [0.25, 0.3) is 5.65 Å². The summed E-state index contributed by atoms with van der Waals surface area (Å²) >= 11 is 5.99. The molecule has 1 aliphatic heterocycles. The average Bonchev–Trinajstić information content (AvgIpc) is 2.81. The first-order chi connectivity index (χ1) is 8.78. The van der Waals surface area contributed by atoms with Crippen LogP contribution >= 0.6 is 11.6 Å². The lowest BCUT2D eigenvalue weighted by Crippen LogP contribution is -2.36. The normalized spacial score (nSPS) is 16.2. The van der Waals surface area contributed by atoms with E-state index in [4.69, 9.17) is 16.3 Å². The largest absolute Gasteiger partial charge is 0.378 e. The van der Waals surface area contributed by atoms with Crippen molar-refractivity contribution in [1.82, 2.24) is 14.6 Å². The maximum Gasteiger partial charge on any atom is 0.177 e. The molecule has 0 unspecified atom stereocenters. The van der Waals surface area contributed by atoms with Crippen molar-refractivity contribution in [3.05, 3.63) is 23.1 Å². The highest BCUT2D eigenvalue weighted by atomic mass is 35.5. The second-order valence-electron chi connectivity index (χ2n) is 4.00. The van der Waals surface area contributed by atoms with Gasteiger partial charge in [-0.25, -0.2) is 9.50 Å². The molecule has 0 aliphatic carbocycles. The van der Waals surface area contributed by atoms with Gasteiger partial charge in [-0.15, -0.1) is 0 Å². The topological polar surface area (TPSA) is 59.7 Å². The summed E-state index contributed by atoms with van der Waals surface area (Å²) in [4.78, 5) is 17.2. The van der Waals surface area contributed by atoms with E-state index < -0.39 is 0 Å². The number of halogens is 1. The number of morpholine rings is 1. The van der Waals surface area contributed by atoms with Gasteiger partial charge in [0.2, 0.25) is 0 Å². The fraction of sp³-hybridized carbons (Fsp3) is 0.364. The molecule has 18 heavy (non-hydrogen) atoms. The number of hydrogen-bond donors (Lipinski definition) is 0. The maximum absolute atomic E-state index is 10.8. The van der Waals surface area contributed by atoms with Crippen LogP contribution in [-0.4, -0.2) is 47.2 Å². The minimum Gasteiger partial charge on any atom is -0.378 e. The van der Waals surface area contributed by atoms with Gasteiger partial charge in [0.1, 0.15) is 5.69 Å². The zero-order valence-electron chi connectivity index (χ0n) is 9.54. The van der Waals surface area contributed by atoms with E-state index in [9.17, 15) is 4.79 Å². The number of carbonyl (C=O) groups is 1. The Balaban J connectivity index is 2.13. The van der Waals surface area contributed by atoms with Crippen LogP contribution in [0.4, 0.5) is 5.69 Å². The predicted molar refractivity (Wildman–Crippen MR) is 66.4 cm³/mol. The second kappa shape index (κ2) is 4.55. The first kappa shape index (κ1) is 11.4. The van der Waals surface area contributed by atoms with Crippen LogP contribution in [0.5, 0.6) is 0 Å². The van der Waals surface area contributed by atoms with Crippen LogP contribution in [0.3, 0.4) is 0 Å². The van der Waals surface area contributed by atoms with Crippen LogP contribution < -0.4 is 4.90 Å². The summed E-state index contributed by atoms with van der Waals surface area (Å²) in [6.45, 7) is 2.90. The van der Waals surface area contributed by atoms with Gasteiger partial charge in [-0.3, -0.25) is 4.79 Å². The lowest BCUT2D eigenvalue weighted by molar-refractivity contribution is 0.111. The number of hydrogen-bond acceptors (Lipinski definition) is 5. The van der Waals surface area contributed by atoms with E-state index >= 15 is 0 Å². The highest BCUT2D eigenvalue weighted by molar-refractivity contribution is 6.29. The van der Waals surface area contributed by atoms with Gasteiger partial charge in [-0.2, -0.15) is 5.10 Å². The molecule has 0 aromatic carbocycles. The van der Waals surface area contributed by atoms with Gasteiger partial charge in [-0.05, 0) is 0 Å². The van der Waals surface area contributed by atoms with Gasteiger partial charge >= 0.3 is 0 Å². The summed E-state index contributed by atoms with van der Waals surface area (Å²) in [6, 6.07) is 1.77. The molecule has 94 valence electrons. The molecule has 1 fully saturated rings. The third-order valence-electron chi connectivity index (χ3n) is 2.87. The van der Waals surface area contributed by atoms with Gasteiger partial charge in [0.05, 0.1) is 25.1 Å². The van der Waals surface area contributed by atoms with Crippen molar-refractivity contribution in [2.45, 2.75) is 0 Å². The number of aldehydes is 1. The van der Waals surface area contributed by atoms with Crippen LogP contribution in [0.1, 0.15) is 10.5 Å². The molecule has 3 rings (SSSR count). The van der Waals surface area contributed by atoms with Gasteiger partial charge in [0, 0.05) is 19.2 Å².